The number of aryl methyl sites for hydroxylation is 1. The first-order chi connectivity index (χ1) is 11.1. The van der Waals surface area contributed by atoms with Crippen molar-refractivity contribution in [3.05, 3.63) is 58.9 Å². The summed E-state index contributed by atoms with van der Waals surface area (Å²) < 4.78 is 23.6. The second-order valence-electron chi connectivity index (χ2n) is 5.48. The van der Waals surface area contributed by atoms with Gasteiger partial charge in [-0.15, -0.1) is 0 Å². The molecule has 0 aliphatic heterocycles. The zero-order valence-corrected chi connectivity index (χ0v) is 13.1. The number of carbonyl (C=O) groups excluding carboxylic acids is 1. The highest BCUT2D eigenvalue weighted by molar-refractivity contribution is 5.94. The Morgan fingerprint density at radius 3 is 2.43 bits per heavy atom. The fourth-order valence-corrected chi connectivity index (χ4v) is 2.93. The largest absolute Gasteiger partial charge is 0.493 e. The lowest BCUT2D eigenvalue weighted by Crippen LogP contribution is -2.27. The van der Waals surface area contributed by atoms with E-state index in [0.29, 0.717) is 17.1 Å². The van der Waals surface area contributed by atoms with Gasteiger partial charge in [-0.1, -0.05) is 0 Å². The van der Waals surface area contributed by atoms with Crippen molar-refractivity contribution < 1.29 is 18.7 Å². The van der Waals surface area contributed by atoms with Crippen LogP contribution >= 0.6 is 0 Å². The van der Waals surface area contributed by atoms with Crippen molar-refractivity contribution >= 4 is 5.91 Å². The van der Waals surface area contributed by atoms with Gasteiger partial charge in [-0.3, -0.25) is 4.79 Å². The van der Waals surface area contributed by atoms with Gasteiger partial charge in [-0.05, 0) is 60.4 Å². The van der Waals surface area contributed by atoms with Crippen LogP contribution in [0.2, 0.25) is 0 Å². The van der Waals surface area contributed by atoms with E-state index in [0.717, 1.165) is 24.0 Å². The van der Waals surface area contributed by atoms with Crippen molar-refractivity contribution in [3.8, 4) is 11.5 Å². The number of nitrogens with one attached hydrogen (secondary N) is 1. The summed E-state index contributed by atoms with van der Waals surface area (Å²) in [5.41, 5.74) is 2.63. The zero-order chi connectivity index (χ0) is 16.4. The summed E-state index contributed by atoms with van der Waals surface area (Å²) >= 11 is 0. The number of halogens is 1. The Labute approximate surface area is 134 Å². The molecule has 0 aromatic heterocycles. The molecule has 23 heavy (non-hydrogen) atoms. The molecule has 0 bridgehead atoms. The maximum atomic E-state index is 12.9. The molecule has 3 rings (SSSR count). The van der Waals surface area contributed by atoms with Gasteiger partial charge in [0.05, 0.1) is 20.3 Å². The zero-order valence-electron chi connectivity index (χ0n) is 13.1. The van der Waals surface area contributed by atoms with Crippen LogP contribution in [-0.4, -0.2) is 20.1 Å². The van der Waals surface area contributed by atoms with E-state index in [4.69, 9.17) is 9.47 Å². The third kappa shape index (κ3) is 2.99. The lowest BCUT2D eigenvalue weighted by atomic mass is 10.1. The van der Waals surface area contributed by atoms with Gasteiger partial charge in [-0.25, -0.2) is 4.39 Å². The Morgan fingerprint density at radius 1 is 1.13 bits per heavy atom. The molecule has 1 amide bonds. The number of rotatable bonds is 4. The summed E-state index contributed by atoms with van der Waals surface area (Å²) in [7, 11) is 3.19. The highest BCUT2D eigenvalue weighted by Crippen LogP contribution is 2.39. The third-order valence-electron chi connectivity index (χ3n) is 4.13. The van der Waals surface area contributed by atoms with Crippen LogP contribution in [0, 0.1) is 5.82 Å². The average molecular weight is 315 g/mol. The Morgan fingerprint density at radius 2 is 1.78 bits per heavy atom. The molecule has 2 aromatic carbocycles. The molecule has 1 unspecified atom stereocenters. The van der Waals surface area contributed by atoms with Gasteiger partial charge in [0.15, 0.2) is 11.5 Å². The normalized spacial score (nSPS) is 15.9. The molecule has 120 valence electrons. The molecule has 4 nitrogen and oxygen atoms in total. The number of carbonyl (C=O) groups is 1. The van der Waals surface area contributed by atoms with E-state index in [1.54, 1.807) is 14.2 Å². The van der Waals surface area contributed by atoms with E-state index < -0.39 is 0 Å². The van der Waals surface area contributed by atoms with Crippen molar-refractivity contribution in [2.24, 2.45) is 0 Å². The highest BCUT2D eigenvalue weighted by Gasteiger charge is 2.26. The number of fused-ring (bicyclic) bond motifs is 1. The van der Waals surface area contributed by atoms with Gasteiger partial charge in [0.2, 0.25) is 0 Å². The second-order valence-corrected chi connectivity index (χ2v) is 5.48. The Hall–Kier alpha value is -2.56. The minimum absolute atomic E-state index is 0.0811. The second kappa shape index (κ2) is 6.28. The quantitative estimate of drug-likeness (QED) is 0.942. The molecule has 0 radical (unpaired) electrons. The Balaban J connectivity index is 1.82. The van der Waals surface area contributed by atoms with Crippen molar-refractivity contribution in [2.75, 3.05) is 14.2 Å². The van der Waals surface area contributed by atoms with Gasteiger partial charge in [0, 0.05) is 5.56 Å². The summed E-state index contributed by atoms with van der Waals surface area (Å²) in [6.45, 7) is 0. The predicted molar refractivity (Wildman–Crippen MR) is 84.5 cm³/mol. The van der Waals surface area contributed by atoms with E-state index in [-0.39, 0.29) is 17.8 Å². The molecule has 1 aliphatic rings. The van der Waals surface area contributed by atoms with Crippen LogP contribution in [0.3, 0.4) is 0 Å². The molecule has 0 saturated carbocycles. The topological polar surface area (TPSA) is 47.6 Å². The van der Waals surface area contributed by atoms with Crippen molar-refractivity contribution in [1.82, 2.24) is 5.32 Å². The van der Waals surface area contributed by atoms with Gasteiger partial charge in [0.25, 0.3) is 5.91 Å². The minimum Gasteiger partial charge on any atom is -0.493 e. The van der Waals surface area contributed by atoms with Gasteiger partial charge in [0.1, 0.15) is 5.82 Å². The van der Waals surface area contributed by atoms with Crippen LogP contribution in [0.25, 0.3) is 0 Å². The molecule has 0 spiro atoms. The molecule has 0 saturated heterocycles. The first kappa shape index (κ1) is 15.3. The molecule has 5 heteroatoms. The fraction of sp³-hybridized carbons (Fsp3) is 0.278. The van der Waals surface area contributed by atoms with Crippen molar-refractivity contribution in [1.29, 1.82) is 0 Å². The molecule has 0 fully saturated rings. The molecule has 1 N–H and O–H groups in total. The predicted octanol–water partition coefficient (Wildman–Crippen LogP) is 3.26. The first-order valence-electron chi connectivity index (χ1n) is 7.43. The molecule has 1 aliphatic carbocycles. The van der Waals surface area contributed by atoms with Crippen LogP contribution in [0.5, 0.6) is 11.5 Å². The lowest BCUT2D eigenvalue weighted by Gasteiger charge is -2.16. The monoisotopic (exact) mass is 315 g/mol. The van der Waals surface area contributed by atoms with E-state index in [1.807, 2.05) is 12.1 Å². The molecule has 2 aromatic rings. The summed E-state index contributed by atoms with van der Waals surface area (Å²) in [6, 6.07) is 9.32. The maximum Gasteiger partial charge on any atom is 0.251 e. The van der Waals surface area contributed by atoms with Crippen LogP contribution in [0.1, 0.15) is 33.9 Å². The van der Waals surface area contributed by atoms with Gasteiger partial charge >= 0.3 is 0 Å². The smallest absolute Gasteiger partial charge is 0.251 e. The van der Waals surface area contributed by atoms with E-state index in [9.17, 15) is 9.18 Å². The molecular formula is C18H18FNO3. The Kier molecular flexibility index (Phi) is 4.19. The third-order valence-corrected chi connectivity index (χ3v) is 4.13. The number of hydrogen-bond donors (Lipinski definition) is 1. The highest BCUT2D eigenvalue weighted by atomic mass is 19.1. The lowest BCUT2D eigenvalue weighted by molar-refractivity contribution is 0.0936. The summed E-state index contributed by atoms with van der Waals surface area (Å²) in [6.07, 6.45) is 1.68. The molecule has 1 atom stereocenters. The number of ether oxygens (including phenoxy) is 2. The minimum atomic E-state index is -0.357. The number of hydrogen-bond acceptors (Lipinski definition) is 3. The summed E-state index contributed by atoms with van der Waals surface area (Å²) in [5.74, 6) is 0.771. The van der Waals surface area contributed by atoms with Crippen molar-refractivity contribution in [2.45, 2.75) is 18.9 Å². The van der Waals surface area contributed by atoms with Crippen LogP contribution in [0.15, 0.2) is 36.4 Å². The average Bonchev–Trinajstić information content (AvgIpc) is 2.96. The number of benzene rings is 2. The van der Waals surface area contributed by atoms with E-state index in [2.05, 4.69) is 5.32 Å². The standard InChI is InChI=1S/C18H18FNO3/c1-22-16-9-12-5-8-15(14(12)10-17(16)23-2)20-18(21)11-3-6-13(19)7-4-11/h3-4,6-7,9-10,15H,5,8H2,1-2H3,(H,20,21). The molecular weight excluding hydrogens is 297 g/mol. The number of methoxy groups -OCH3 is 2. The SMILES string of the molecule is COc1cc2c(cc1OC)C(NC(=O)c1ccc(F)cc1)CC2. The summed E-state index contributed by atoms with van der Waals surface area (Å²) in [4.78, 5) is 12.3. The van der Waals surface area contributed by atoms with Crippen LogP contribution < -0.4 is 14.8 Å². The first-order valence-corrected chi connectivity index (χ1v) is 7.43. The van der Waals surface area contributed by atoms with Crippen LogP contribution in [-0.2, 0) is 6.42 Å². The van der Waals surface area contributed by atoms with Crippen molar-refractivity contribution in [3.63, 3.8) is 0 Å². The fourth-order valence-electron chi connectivity index (χ4n) is 2.93. The maximum absolute atomic E-state index is 12.9. The van der Waals surface area contributed by atoms with Crippen LogP contribution in [0.4, 0.5) is 4.39 Å². The van der Waals surface area contributed by atoms with Gasteiger partial charge < -0.3 is 14.8 Å². The number of amides is 1. The van der Waals surface area contributed by atoms with E-state index >= 15 is 0 Å². The van der Waals surface area contributed by atoms with Gasteiger partial charge in [-0.2, -0.15) is 0 Å². The van der Waals surface area contributed by atoms with E-state index in [1.165, 1.54) is 24.3 Å². The summed E-state index contributed by atoms with van der Waals surface area (Å²) in [5, 5.41) is 3.00. The Bertz CT molecular complexity index is 728. The molecule has 0 heterocycles.